The highest BCUT2D eigenvalue weighted by molar-refractivity contribution is 7.85. The third-order valence-corrected chi connectivity index (χ3v) is 4.87. The summed E-state index contributed by atoms with van der Waals surface area (Å²) in [5, 5.41) is 15.5. The summed E-state index contributed by atoms with van der Waals surface area (Å²) >= 11 is 0. The van der Waals surface area contributed by atoms with Gasteiger partial charge in [0.2, 0.25) is 0 Å². The summed E-state index contributed by atoms with van der Waals surface area (Å²) in [5.41, 5.74) is -0.918. The summed E-state index contributed by atoms with van der Waals surface area (Å²) in [5.74, 6) is -1.68. The molecule has 0 spiro atoms. The summed E-state index contributed by atoms with van der Waals surface area (Å²) < 4.78 is 36.9. The van der Waals surface area contributed by atoms with Crippen molar-refractivity contribution in [2.24, 2.45) is 17.1 Å². The van der Waals surface area contributed by atoms with E-state index in [4.69, 9.17) is 0 Å². The van der Waals surface area contributed by atoms with E-state index >= 15 is 0 Å². The molecular weight excluding hydrogens is 402 g/mol. The molecule has 0 radical (unpaired) electrons. The zero-order valence-electron chi connectivity index (χ0n) is 15.0. The van der Waals surface area contributed by atoms with Crippen molar-refractivity contribution < 1.29 is 32.1 Å². The topological polar surface area (TPSA) is 150 Å². The molecule has 0 unspecified atom stereocenters. The molecule has 0 N–H and O–H groups in total. The van der Waals surface area contributed by atoms with Crippen LogP contribution in [0, 0.1) is 6.67 Å². The van der Waals surface area contributed by atoms with Gasteiger partial charge in [0.1, 0.15) is 15.5 Å². The number of carboxylic acid groups (broad SMARTS) is 1. The largest absolute Gasteiger partial charge is 0.744 e. The van der Waals surface area contributed by atoms with E-state index < -0.39 is 32.0 Å². The number of aromatic nitrogens is 1. The van der Waals surface area contributed by atoms with E-state index in [1.54, 1.807) is 0 Å². The van der Waals surface area contributed by atoms with Gasteiger partial charge in [0.05, 0.1) is 11.6 Å². The standard InChI is InChI=1S/C17H15N5O6S/c1-20-8-10(29(26,27)28)4-5-14(20)19-22(3)13-6-11(17(24)25)16(23)12-7-18-9-21(2)15(12)13/h4-9H,2-3H2,1H3,(H,24,25)(H,26,27,28)/p-2/b19-14-. The molecule has 2 heterocycles. The van der Waals surface area contributed by atoms with Crippen LogP contribution in [0.15, 0.2) is 44.2 Å². The zero-order chi connectivity index (χ0) is 21.5. The number of aromatic carboxylic acids is 1. The highest BCUT2D eigenvalue weighted by atomic mass is 32.2. The van der Waals surface area contributed by atoms with Crippen molar-refractivity contribution in [3.63, 3.8) is 0 Å². The van der Waals surface area contributed by atoms with Crippen molar-refractivity contribution in [3.8, 4) is 0 Å². The van der Waals surface area contributed by atoms with Crippen LogP contribution in [0.1, 0.15) is 15.9 Å². The fourth-order valence-electron chi connectivity index (χ4n) is 2.68. The maximum absolute atomic E-state index is 12.4. The van der Waals surface area contributed by atoms with Crippen LogP contribution >= 0.6 is 0 Å². The van der Waals surface area contributed by atoms with Gasteiger partial charge in [-0.2, -0.15) is 4.99 Å². The molecule has 0 saturated carbocycles. The number of fused-ring (bicyclic) bond motifs is 1. The maximum Gasteiger partial charge on any atom is 0.199 e. The lowest BCUT2D eigenvalue weighted by Gasteiger charge is -2.22. The van der Waals surface area contributed by atoms with Crippen LogP contribution in [0.5, 0.6) is 0 Å². The average molecular weight is 415 g/mol. The summed E-state index contributed by atoms with van der Waals surface area (Å²) in [4.78, 5) is 27.1. The fraction of sp³-hybridized carbons (Fsp3) is 0.0588. The number of carboxylic acids is 1. The van der Waals surface area contributed by atoms with Crippen LogP contribution in [0.3, 0.4) is 0 Å². The Bertz CT molecular complexity index is 1350. The first-order valence-electron chi connectivity index (χ1n) is 7.84. The van der Waals surface area contributed by atoms with Gasteiger partial charge in [-0.3, -0.25) is 0 Å². The van der Waals surface area contributed by atoms with E-state index in [2.05, 4.69) is 23.5 Å². The number of rotatable bonds is 4. The molecule has 29 heavy (non-hydrogen) atoms. The Morgan fingerprint density at radius 2 is 2.14 bits per heavy atom. The zero-order valence-corrected chi connectivity index (χ0v) is 15.8. The Morgan fingerprint density at radius 3 is 2.72 bits per heavy atom. The Labute approximate surface area is 164 Å². The van der Waals surface area contributed by atoms with E-state index in [1.165, 1.54) is 35.1 Å². The maximum atomic E-state index is 12.4. The number of aryl methyl sites for hydroxylation is 1. The molecule has 12 heteroatoms. The van der Waals surface area contributed by atoms with Crippen molar-refractivity contribution in [3.05, 3.63) is 57.9 Å². The second-order valence-corrected chi connectivity index (χ2v) is 7.35. The molecule has 0 bridgehead atoms. The Kier molecular flexibility index (Phi) is 4.82. The first-order chi connectivity index (χ1) is 13.5. The highest BCUT2D eigenvalue weighted by Gasteiger charge is 2.19. The Morgan fingerprint density at radius 1 is 1.45 bits per heavy atom. The molecule has 1 aliphatic rings. The molecule has 150 valence electrons. The van der Waals surface area contributed by atoms with Gasteiger partial charge in [-0.25, -0.2) is 8.42 Å². The number of carbonyl (C=O) groups is 1. The van der Waals surface area contributed by atoms with E-state index in [9.17, 15) is 27.7 Å². The van der Waals surface area contributed by atoms with Crippen molar-refractivity contribution in [2.45, 2.75) is 4.90 Å². The smallest absolute Gasteiger partial charge is 0.199 e. The van der Waals surface area contributed by atoms with Crippen LogP contribution in [0.25, 0.3) is 0 Å². The van der Waals surface area contributed by atoms with Crippen LogP contribution in [-0.4, -0.2) is 52.4 Å². The predicted octanol–water partition coefficient (Wildman–Crippen LogP) is -1.87. The lowest BCUT2D eigenvalue weighted by molar-refractivity contribution is -0.459. The van der Waals surface area contributed by atoms with Crippen molar-refractivity contribution in [1.82, 2.24) is 4.57 Å². The number of hydrogen-bond acceptors (Lipinski definition) is 8. The van der Waals surface area contributed by atoms with Crippen molar-refractivity contribution >= 4 is 47.1 Å². The molecule has 1 aliphatic heterocycles. The van der Waals surface area contributed by atoms with Crippen LogP contribution in [0.2, 0.25) is 0 Å². The molecule has 1 aromatic heterocycles. The van der Waals surface area contributed by atoms with E-state index in [1.807, 2.05) is 0 Å². The van der Waals surface area contributed by atoms with Gasteiger partial charge in [0.15, 0.2) is 17.8 Å². The van der Waals surface area contributed by atoms with Crippen LogP contribution in [-0.2, 0) is 17.2 Å². The summed E-state index contributed by atoms with van der Waals surface area (Å²) in [6, 6.07) is 3.40. The number of benzene rings is 1. The van der Waals surface area contributed by atoms with Gasteiger partial charge >= 0.3 is 0 Å². The van der Waals surface area contributed by atoms with Gasteiger partial charge in [-0.15, -0.1) is 4.68 Å². The van der Waals surface area contributed by atoms with Gasteiger partial charge < -0.3 is 28.4 Å². The summed E-state index contributed by atoms with van der Waals surface area (Å²) in [6.45, 7) is 8.76. The van der Waals surface area contributed by atoms with Crippen molar-refractivity contribution in [2.75, 3.05) is 0 Å². The van der Waals surface area contributed by atoms with Crippen LogP contribution < -0.4 is 16.0 Å². The monoisotopic (exact) mass is 415 g/mol. The minimum absolute atomic E-state index is 0.0276. The van der Waals surface area contributed by atoms with E-state index in [0.717, 1.165) is 23.0 Å². The second kappa shape index (κ2) is 7.00. The Hall–Kier alpha value is -3.77. The molecule has 0 saturated heterocycles. The molecule has 3 rings (SSSR count). The van der Waals surface area contributed by atoms with Crippen molar-refractivity contribution in [1.29, 1.82) is 0 Å². The van der Waals surface area contributed by atoms with E-state index in [-0.39, 0.29) is 22.4 Å². The van der Waals surface area contributed by atoms with Gasteiger partial charge in [-0.1, -0.05) is 6.07 Å². The first kappa shape index (κ1) is 20.0. The third-order valence-electron chi connectivity index (χ3n) is 4.05. The highest BCUT2D eigenvalue weighted by Crippen LogP contribution is 2.31. The molecule has 0 aliphatic carbocycles. The minimum Gasteiger partial charge on any atom is -0.744 e. The first-order valence-corrected chi connectivity index (χ1v) is 9.25. The molecule has 0 fully saturated rings. The molecule has 1 aromatic carbocycles. The minimum atomic E-state index is -4.64. The van der Waals surface area contributed by atoms with E-state index in [0.29, 0.717) is 0 Å². The SMILES string of the molecule is C=[N+]1[CH-]N=Cc2c1[c-]([N+](=C)/N=c1/ccc(S(=O)(=O)[O-])cn1C)cc(C(=O)[O-])c2=O. The lowest BCUT2D eigenvalue weighted by atomic mass is 10.0. The molecule has 0 amide bonds. The number of carbonyl (C=O) groups excluding carboxylic acids is 1. The number of pyridine rings is 1. The lowest BCUT2D eigenvalue weighted by Crippen LogP contribution is -2.32. The Balaban J connectivity index is 2.23. The number of aliphatic imine (C=N–C) groups is 1. The molecule has 2 aromatic rings. The molecule has 0 atom stereocenters. The molecule has 11 nitrogen and oxygen atoms in total. The third kappa shape index (κ3) is 3.66. The second-order valence-electron chi connectivity index (χ2n) is 5.97. The fourth-order valence-corrected chi connectivity index (χ4v) is 3.20. The number of hydrogen-bond donors (Lipinski definition) is 0. The normalized spacial score (nSPS) is 13.7. The summed E-state index contributed by atoms with van der Waals surface area (Å²) in [7, 11) is -3.19. The van der Waals surface area contributed by atoms with Crippen LogP contribution in [0.4, 0.5) is 11.4 Å². The quantitative estimate of drug-likeness (QED) is 0.188. The molecular formula is C17H13N5O6S-2. The average Bonchev–Trinajstić information content (AvgIpc) is 2.63. The number of nitrogens with zero attached hydrogens (tertiary/aromatic N) is 5. The van der Waals surface area contributed by atoms with Gasteiger partial charge in [-0.05, 0) is 30.0 Å². The summed E-state index contributed by atoms with van der Waals surface area (Å²) in [6.07, 6.45) is 2.27. The predicted molar refractivity (Wildman–Crippen MR) is 97.6 cm³/mol. The van der Waals surface area contributed by atoms with Gasteiger partial charge in [0.25, 0.3) is 0 Å². The van der Waals surface area contributed by atoms with Gasteiger partial charge in [0, 0.05) is 36.2 Å².